The van der Waals surface area contributed by atoms with E-state index in [1.54, 1.807) is 6.33 Å². The molecule has 12 heavy (non-hydrogen) atoms. The molecule has 0 radical (unpaired) electrons. The fourth-order valence-corrected chi connectivity index (χ4v) is 1.49. The Morgan fingerprint density at radius 3 is 2.50 bits per heavy atom. The molecule has 0 atom stereocenters. The predicted octanol–water partition coefficient (Wildman–Crippen LogP) is 2.71. The van der Waals surface area contributed by atoms with E-state index in [9.17, 15) is 0 Å². The number of rotatable bonds is 1. The summed E-state index contributed by atoms with van der Waals surface area (Å²) in [5.74, 6) is 0. The summed E-state index contributed by atoms with van der Waals surface area (Å²) in [4.78, 5) is 4.01. The van der Waals surface area contributed by atoms with Gasteiger partial charge in [-0.1, -0.05) is 30.3 Å². The molecule has 0 aliphatic carbocycles. The summed E-state index contributed by atoms with van der Waals surface area (Å²) >= 11 is 3.36. The molecule has 1 heterocycles. The number of nitrogens with zero attached hydrogens (tertiary/aromatic N) is 2. The van der Waals surface area contributed by atoms with Gasteiger partial charge in [0, 0.05) is 5.56 Å². The highest BCUT2D eigenvalue weighted by atomic mass is 79.9. The van der Waals surface area contributed by atoms with Gasteiger partial charge in [0.1, 0.15) is 6.33 Å². The lowest BCUT2D eigenvalue weighted by molar-refractivity contribution is 1.26. The van der Waals surface area contributed by atoms with Gasteiger partial charge in [-0.05, 0) is 0 Å². The zero-order valence-corrected chi connectivity index (χ0v) is 7.90. The van der Waals surface area contributed by atoms with Crippen LogP contribution in [0.15, 0.2) is 42.9 Å². The Labute approximate surface area is 79.2 Å². The van der Waals surface area contributed by atoms with E-state index in [1.807, 2.05) is 28.0 Å². The molecule has 0 aliphatic heterocycles. The van der Waals surface area contributed by atoms with Gasteiger partial charge in [0.05, 0.1) is 28.0 Å². The van der Waals surface area contributed by atoms with Crippen LogP contribution in [0.3, 0.4) is 0 Å². The summed E-state index contributed by atoms with van der Waals surface area (Å²) in [6, 6.07) is 10.1. The lowest BCUT2D eigenvalue weighted by Crippen LogP contribution is -1.80. The molecule has 0 saturated heterocycles. The van der Waals surface area contributed by atoms with E-state index >= 15 is 0 Å². The maximum Gasteiger partial charge on any atom is 0.105 e. The third-order valence-electron chi connectivity index (χ3n) is 1.66. The second-order valence-electron chi connectivity index (χ2n) is 2.46. The number of imidazole rings is 1. The van der Waals surface area contributed by atoms with Gasteiger partial charge in [-0.15, -0.1) is 0 Å². The molecule has 60 valence electrons. The molecule has 1 aromatic carbocycles. The average molecular weight is 223 g/mol. The van der Waals surface area contributed by atoms with Gasteiger partial charge in [-0.3, -0.25) is 3.59 Å². The molecule has 0 spiro atoms. The highest BCUT2D eigenvalue weighted by Crippen LogP contribution is 2.19. The molecule has 3 heteroatoms. The van der Waals surface area contributed by atoms with E-state index in [2.05, 4.69) is 33.3 Å². The van der Waals surface area contributed by atoms with Crippen LogP contribution < -0.4 is 0 Å². The van der Waals surface area contributed by atoms with E-state index < -0.39 is 0 Å². The van der Waals surface area contributed by atoms with Crippen molar-refractivity contribution < 1.29 is 0 Å². The van der Waals surface area contributed by atoms with Gasteiger partial charge in [0.15, 0.2) is 0 Å². The van der Waals surface area contributed by atoms with E-state index in [1.165, 1.54) is 0 Å². The van der Waals surface area contributed by atoms with Crippen LogP contribution in [0.25, 0.3) is 11.3 Å². The van der Waals surface area contributed by atoms with Gasteiger partial charge in [-0.25, -0.2) is 4.98 Å². The summed E-state index contributed by atoms with van der Waals surface area (Å²) in [6.07, 6.45) is 3.55. The molecule has 0 bridgehead atoms. The summed E-state index contributed by atoms with van der Waals surface area (Å²) in [6.45, 7) is 0. The fraction of sp³-hybridized carbons (Fsp3) is 0. The van der Waals surface area contributed by atoms with Crippen molar-refractivity contribution in [1.29, 1.82) is 0 Å². The van der Waals surface area contributed by atoms with Crippen molar-refractivity contribution in [2.75, 3.05) is 0 Å². The molecule has 0 amide bonds. The van der Waals surface area contributed by atoms with Crippen LogP contribution in [0.4, 0.5) is 0 Å². The minimum absolute atomic E-state index is 1.07. The number of hydrogen-bond acceptors (Lipinski definition) is 1. The minimum Gasteiger partial charge on any atom is -0.265 e. The van der Waals surface area contributed by atoms with Crippen LogP contribution in [-0.2, 0) is 0 Å². The van der Waals surface area contributed by atoms with Crippen molar-refractivity contribution in [2.45, 2.75) is 0 Å². The van der Waals surface area contributed by atoms with Gasteiger partial charge in [-0.2, -0.15) is 0 Å². The number of halogens is 1. The Kier molecular flexibility index (Phi) is 1.96. The van der Waals surface area contributed by atoms with Crippen LogP contribution >= 0.6 is 16.1 Å². The average Bonchev–Trinajstić information content (AvgIpc) is 2.53. The highest BCUT2D eigenvalue weighted by molar-refractivity contribution is 9.08. The normalized spacial score (nSPS) is 10.1. The van der Waals surface area contributed by atoms with Gasteiger partial charge < -0.3 is 0 Å². The molecule has 2 aromatic rings. The van der Waals surface area contributed by atoms with E-state index in [0.717, 1.165) is 11.3 Å². The summed E-state index contributed by atoms with van der Waals surface area (Å²) < 4.78 is 1.82. The van der Waals surface area contributed by atoms with Crippen molar-refractivity contribution in [2.24, 2.45) is 0 Å². The minimum atomic E-state index is 1.07. The second-order valence-corrected chi connectivity index (χ2v) is 3.22. The molecule has 0 N–H and O–H groups in total. The summed E-state index contributed by atoms with van der Waals surface area (Å²) in [5, 5.41) is 0. The molecule has 1 aromatic heterocycles. The highest BCUT2D eigenvalue weighted by Gasteiger charge is 2.00. The fourth-order valence-electron chi connectivity index (χ4n) is 1.09. The van der Waals surface area contributed by atoms with Crippen LogP contribution in [0.2, 0.25) is 0 Å². The SMILES string of the molecule is Brn1cncc1-c1ccccc1. The summed E-state index contributed by atoms with van der Waals surface area (Å²) in [7, 11) is 0. The topological polar surface area (TPSA) is 17.8 Å². The molecule has 2 rings (SSSR count). The van der Waals surface area contributed by atoms with Crippen LogP contribution in [0.1, 0.15) is 0 Å². The largest absolute Gasteiger partial charge is 0.265 e. The van der Waals surface area contributed by atoms with Crippen LogP contribution in [0.5, 0.6) is 0 Å². The maximum atomic E-state index is 4.01. The number of benzene rings is 1. The van der Waals surface area contributed by atoms with Gasteiger partial charge in [0.25, 0.3) is 0 Å². The first-order chi connectivity index (χ1) is 5.88. The monoisotopic (exact) mass is 222 g/mol. The first-order valence-corrected chi connectivity index (χ1v) is 4.33. The maximum absolute atomic E-state index is 4.01. The quantitative estimate of drug-likeness (QED) is 0.726. The van der Waals surface area contributed by atoms with Gasteiger partial charge >= 0.3 is 0 Å². The van der Waals surface area contributed by atoms with Crippen LogP contribution in [-0.4, -0.2) is 8.58 Å². The Balaban J connectivity index is 2.51. The molecular formula is C9H7BrN2. The molecule has 0 unspecified atom stereocenters. The number of hydrogen-bond donors (Lipinski definition) is 0. The smallest absolute Gasteiger partial charge is 0.105 e. The first-order valence-electron chi connectivity index (χ1n) is 3.62. The third kappa shape index (κ3) is 1.28. The van der Waals surface area contributed by atoms with E-state index in [4.69, 9.17) is 0 Å². The molecule has 0 fully saturated rings. The molecule has 2 nitrogen and oxygen atoms in total. The van der Waals surface area contributed by atoms with Crippen molar-refractivity contribution >= 4 is 16.1 Å². The Morgan fingerprint density at radius 2 is 1.92 bits per heavy atom. The van der Waals surface area contributed by atoms with Crippen molar-refractivity contribution in [1.82, 2.24) is 8.58 Å². The zero-order chi connectivity index (χ0) is 8.39. The Hall–Kier alpha value is -1.09. The predicted molar refractivity (Wildman–Crippen MR) is 52.0 cm³/mol. The Bertz CT molecular complexity index is 367. The zero-order valence-electron chi connectivity index (χ0n) is 6.31. The van der Waals surface area contributed by atoms with Crippen molar-refractivity contribution in [3.63, 3.8) is 0 Å². The Morgan fingerprint density at radius 1 is 1.17 bits per heavy atom. The van der Waals surface area contributed by atoms with Crippen molar-refractivity contribution in [3.05, 3.63) is 42.9 Å². The van der Waals surface area contributed by atoms with E-state index in [0.29, 0.717) is 0 Å². The van der Waals surface area contributed by atoms with Crippen molar-refractivity contribution in [3.8, 4) is 11.3 Å². The van der Waals surface area contributed by atoms with E-state index in [-0.39, 0.29) is 0 Å². The second kappa shape index (κ2) is 3.11. The lowest BCUT2D eigenvalue weighted by Gasteiger charge is -1.98. The third-order valence-corrected chi connectivity index (χ3v) is 2.23. The molecular weight excluding hydrogens is 216 g/mol. The first kappa shape index (κ1) is 7.55. The number of aromatic nitrogens is 2. The molecule has 0 saturated carbocycles. The lowest BCUT2D eigenvalue weighted by atomic mass is 10.2. The molecule has 0 aliphatic rings. The standard InChI is InChI=1S/C9H7BrN2/c10-12-7-11-6-9(12)8-4-2-1-3-5-8/h1-7H. The van der Waals surface area contributed by atoms with Crippen LogP contribution in [0, 0.1) is 0 Å². The summed E-state index contributed by atoms with van der Waals surface area (Å²) in [5.41, 5.74) is 2.22. The van der Waals surface area contributed by atoms with Gasteiger partial charge in [0.2, 0.25) is 0 Å².